The maximum absolute atomic E-state index is 11.6. The van der Waals surface area contributed by atoms with E-state index in [0.717, 1.165) is 62.8 Å². The summed E-state index contributed by atoms with van der Waals surface area (Å²) in [7, 11) is 1.71. The number of amides is 1. The molecule has 0 atom stereocenters. The number of nitrogens with one attached hydrogen (secondary N) is 2. The molecule has 7 nitrogen and oxygen atoms in total. The predicted molar refractivity (Wildman–Crippen MR) is 124 cm³/mol. The highest BCUT2D eigenvalue weighted by Crippen LogP contribution is 2.27. The van der Waals surface area contributed by atoms with Crippen molar-refractivity contribution in [1.29, 1.82) is 0 Å². The van der Waals surface area contributed by atoms with Crippen LogP contribution >= 0.6 is 0 Å². The first-order valence-electron chi connectivity index (χ1n) is 11.9. The third kappa shape index (κ3) is 7.40. The lowest BCUT2D eigenvalue weighted by atomic mass is 9.89. The number of likely N-dealkylation sites (tertiary alicyclic amines) is 1. The SMILES string of the molecule is CCNC(=NCc1ccnc(OC2CCC(C)CC2)c1)N1CCC(CC(=O)NC)CC1. The van der Waals surface area contributed by atoms with Crippen molar-refractivity contribution in [2.75, 3.05) is 26.7 Å². The maximum atomic E-state index is 11.6. The zero-order chi connectivity index (χ0) is 22.1. The molecule has 172 valence electrons. The minimum atomic E-state index is 0.137. The Balaban J connectivity index is 1.55. The molecule has 0 spiro atoms. The Bertz CT molecular complexity index is 722. The molecule has 2 heterocycles. The number of hydrogen-bond donors (Lipinski definition) is 2. The third-order valence-corrected chi connectivity index (χ3v) is 6.46. The van der Waals surface area contributed by atoms with Crippen molar-refractivity contribution < 1.29 is 9.53 Å². The molecule has 1 amide bonds. The summed E-state index contributed by atoms with van der Waals surface area (Å²) >= 11 is 0. The number of aliphatic imine (C=N–C) groups is 1. The summed E-state index contributed by atoms with van der Waals surface area (Å²) in [5, 5.41) is 6.16. The van der Waals surface area contributed by atoms with Crippen LogP contribution in [-0.2, 0) is 11.3 Å². The highest BCUT2D eigenvalue weighted by Gasteiger charge is 2.23. The number of ether oxygens (including phenoxy) is 1. The highest BCUT2D eigenvalue weighted by molar-refractivity contribution is 5.80. The van der Waals surface area contributed by atoms with Crippen molar-refractivity contribution in [1.82, 2.24) is 20.5 Å². The fourth-order valence-electron chi connectivity index (χ4n) is 4.44. The predicted octanol–water partition coefficient (Wildman–Crippen LogP) is 3.35. The molecule has 2 aliphatic rings. The van der Waals surface area contributed by atoms with Gasteiger partial charge in [0.1, 0.15) is 6.10 Å². The molecule has 2 N–H and O–H groups in total. The van der Waals surface area contributed by atoms with Gasteiger partial charge in [-0.1, -0.05) is 6.92 Å². The number of carbonyl (C=O) groups is 1. The zero-order valence-electron chi connectivity index (χ0n) is 19.4. The number of piperidine rings is 1. The normalized spacial score (nSPS) is 22.8. The van der Waals surface area contributed by atoms with Crippen molar-refractivity contribution in [2.45, 2.75) is 71.4 Å². The Morgan fingerprint density at radius 2 is 1.97 bits per heavy atom. The molecular formula is C24H39N5O2. The van der Waals surface area contributed by atoms with Crippen LogP contribution in [0.3, 0.4) is 0 Å². The van der Waals surface area contributed by atoms with E-state index in [1.165, 1.54) is 12.8 Å². The summed E-state index contributed by atoms with van der Waals surface area (Å²) in [6.07, 6.45) is 9.48. The van der Waals surface area contributed by atoms with Gasteiger partial charge in [0.15, 0.2) is 5.96 Å². The summed E-state index contributed by atoms with van der Waals surface area (Å²) in [6, 6.07) is 4.04. The minimum absolute atomic E-state index is 0.137. The smallest absolute Gasteiger partial charge is 0.220 e. The lowest BCUT2D eigenvalue weighted by molar-refractivity contribution is -0.121. The Morgan fingerprint density at radius 3 is 2.65 bits per heavy atom. The van der Waals surface area contributed by atoms with Gasteiger partial charge in [-0.15, -0.1) is 0 Å². The minimum Gasteiger partial charge on any atom is -0.474 e. The van der Waals surface area contributed by atoms with E-state index in [2.05, 4.69) is 34.4 Å². The first-order chi connectivity index (χ1) is 15.1. The number of rotatable bonds is 7. The fourth-order valence-corrected chi connectivity index (χ4v) is 4.44. The Hall–Kier alpha value is -2.31. The Labute approximate surface area is 187 Å². The van der Waals surface area contributed by atoms with Gasteiger partial charge in [0.2, 0.25) is 11.8 Å². The van der Waals surface area contributed by atoms with Gasteiger partial charge in [-0.3, -0.25) is 4.79 Å². The molecular weight excluding hydrogens is 390 g/mol. The monoisotopic (exact) mass is 429 g/mol. The maximum Gasteiger partial charge on any atom is 0.220 e. The molecule has 1 aliphatic heterocycles. The topological polar surface area (TPSA) is 78.9 Å². The van der Waals surface area contributed by atoms with Gasteiger partial charge in [0.05, 0.1) is 6.54 Å². The second-order valence-corrected chi connectivity index (χ2v) is 8.98. The van der Waals surface area contributed by atoms with Gasteiger partial charge in [0, 0.05) is 45.4 Å². The number of aromatic nitrogens is 1. The van der Waals surface area contributed by atoms with E-state index >= 15 is 0 Å². The van der Waals surface area contributed by atoms with Crippen LogP contribution in [0.4, 0.5) is 0 Å². The van der Waals surface area contributed by atoms with Crippen LogP contribution in [0.1, 0.15) is 64.4 Å². The van der Waals surface area contributed by atoms with Crippen LogP contribution in [-0.4, -0.2) is 54.5 Å². The van der Waals surface area contributed by atoms with E-state index in [-0.39, 0.29) is 12.0 Å². The van der Waals surface area contributed by atoms with E-state index in [1.807, 2.05) is 18.3 Å². The molecule has 31 heavy (non-hydrogen) atoms. The molecule has 1 aromatic heterocycles. The van der Waals surface area contributed by atoms with Crippen molar-refractivity contribution in [3.05, 3.63) is 23.9 Å². The molecule has 0 radical (unpaired) electrons. The lowest BCUT2D eigenvalue weighted by Crippen LogP contribution is -2.46. The van der Waals surface area contributed by atoms with Gasteiger partial charge in [0.25, 0.3) is 0 Å². The van der Waals surface area contributed by atoms with Crippen LogP contribution < -0.4 is 15.4 Å². The van der Waals surface area contributed by atoms with E-state index in [4.69, 9.17) is 9.73 Å². The molecule has 0 bridgehead atoms. The second-order valence-electron chi connectivity index (χ2n) is 8.98. The van der Waals surface area contributed by atoms with Crippen LogP contribution in [0.2, 0.25) is 0 Å². The average molecular weight is 430 g/mol. The molecule has 1 saturated carbocycles. The third-order valence-electron chi connectivity index (χ3n) is 6.46. The van der Waals surface area contributed by atoms with E-state index in [9.17, 15) is 4.79 Å². The first kappa shape index (κ1) is 23.4. The van der Waals surface area contributed by atoms with Crippen molar-refractivity contribution in [3.8, 4) is 5.88 Å². The molecule has 3 rings (SSSR count). The molecule has 1 aliphatic carbocycles. The Kier molecular flexibility index (Phi) is 8.98. The van der Waals surface area contributed by atoms with Gasteiger partial charge in [-0.25, -0.2) is 9.98 Å². The quantitative estimate of drug-likeness (QED) is 0.513. The second kappa shape index (κ2) is 11.9. The van der Waals surface area contributed by atoms with E-state index < -0.39 is 0 Å². The largest absolute Gasteiger partial charge is 0.474 e. The average Bonchev–Trinajstić information content (AvgIpc) is 2.79. The van der Waals surface area contributed by atoms with Gasteiger partial charge < -0.3 is 20.3 Å². The molecule has 1 saturated heterocycles. The van der Waals surface area contributed by atoms with E-state index in [0.29, 0.717) is 24.8 Å². The van der Waals surface area contributed by atoms with Crippen LogP contribution in [0.15, 0.2) is 23.3 Å². The van der Waals surface area contributed by atoms with Crippen molar-refractivity contribution in [3.63, 3.8) is 0 Å². The summed E-state index contributed by atoms with van der Waals surface area (Å²) in [6.45, 7) is 7.70. The van der Waals surface area contributed by atoms with Gasteiger partial charge in [-0.2, -0.15) is 0 Å². The van der Waals surface area contributed by atoms with E-state index in [1.54, 1.807) is 7.05 Å². The number of guanidine groups is 1. The standard InChI is InChI=1S/C24H39N5O2/c1-4-26-24(29-13-10-19(11-14-29)15-22(30)25-3)28-17-20-9-12-27-23(16-20)31-21-7-5-18(2)6-8-21/h9,12,16,18-19,21H,4-8,10-11,13-15,17H2,1-3H3,(H,25,30)(H,26,28). The molecule has 0 aromatic carbocycles. The van der Waals surface area contributed by atoms with Crippen LogP contribution in [0, 0.1) is 11.8 Å². The van der Waals surface area contributed by atoms with Crippen LogP contribution in [0.25, 0.3) is 0 Å². The molecule has 7 heteroatoms. The highest BCUT2D eigenvalue weighted by atomic mass is 16.5. The number of carbonyl (C=O) groups excluding carboxylic acids is 1. The number of nitrogens with zero attached hydrogens (tertiary/aromatic N) is 3. The summed E-state index contributed by atoms with van der Waals surface area (Å²) < 4.78 is 6.15. The summed E-state index contributed by atoms with van der Waals surface area (Å²) in [5.41, 5.74) is 1.11. The first-order valence-corrected chi connectivity index (χ1v) is 11.9. The van der Waals surface area contributed by atoms with Gasteiger partial charge >= 0.3 is 0 Å². The van der Waals surface area contributed by atoms with Crippen molar-refractivity contribution in [2.24, 2.45) is 16.8 Å². The van der Waals surface area contributed by atoms with Crippen LogP contribution in [0.5, 0.6) is 5.88 Å². The zero-order valence-corrected chi connectivity index (χ0v) is 19.4. The lowest BCUT2D eigenvalue weighted by Gasteiger charge is -2.34. The Morgan fingerprint density at radius 1 is 1.23 bits per heavy atom. The fraction of sp³-hybridized carbons (Fsp3) is 0.708. The molecule has 1 aromatic rings. The van der Waals surface area contributed by atoms with Crippen molar-refractivity contribution >= 4 is 11.9 Å². The molecule has 0 unspecified atom stereocenters. The number of pyridine rings is 1. The molecule has 2 fully saturated rings. The number of hydrogen-bond acceptors (Lipinski definition) is 4. The summed E-state index contributed by atoms with van der Waals surface area (Å²) in [4.78, 5) is 23.3. The summed E-state index contributed by atoms with van der Waals surface area (Å²) in [5.74, 6) is 3.07. The van der Waals surface area contributed by atoms with Gasteiger partial charge in [-0.05, 0) is 68.9 Å².